The standard InChI is InChI=1S/C18H22FN5O/c1-2-17(12-4-3-5-13(19)8-12)23-9-14(10-23)20-18(25)16-11-24(22-21-16)15-6-7-15/h3-5,8,11,14-15,17H,2,6-7,9-10H2,1H3,(H,20,25). The molecule has 0 bridgehead atoms. The Morgan fingerprint density at radius 2 is 2.20 bits per heavy atom. The molecule has 1 aliphatic heterocycles. The minimum absolute atomic E-state index is 0.0983. The molecule has 25 heavy (non-hydrogen) atoms. The summed E-state index contributed by atoms with van der Waals surface area (Å²) in [5.74, 6) is -0.379. The van der Waals surface area contributed by atoms with Gasteiger partial charge in [-0.3, -0.25) is 9.69 Å². The van der Waals surface area contributed by atoms with Crippen LogP contribution in [0, 0.1) is 5.82 Å². The number of carbonyl (C=O) groups excluding carboxylic acids is 1. The maximum Gasteiger partial charge on any atom is 0.273 e. The summed E-state index contributed by atoms with van der Waals surface area (Å²) in [6.45, 7) is 3.62. The average Bonchev–Trinajstić information content (AvgIpc) is 3.30. The van der Waals surface area contributed by atoms with E-state index in [1.807, 2.05) is 6.07 Å². The number of benzene rings is 1. The van der Waals surface area contributed by atoms with Gasteiger partial charge in [0.05, 0.1) is 18.3 Å². The summed E-state index contributed by atoms with van der Waals surface area (Å²) in [5, 5.41) is 11.0. The first-order valence-electron chi connectivity index (χ1n) is 8.86. The average molecular weight is 343 g/mol. The molecular formula is C18H22FN5O. The molecule has 1 aromatic heterocycles. The molecule has 1 amide bonds. The van der Waals surface area contributed by atoms with Crippen LogP contribution in [0.5, 0.6) is 0 Å². The van der Waals surface area contributed by atoms with Crippen LogP contribution in [0.15, 0.2) is 30.5 Å². The van der Waals surface area contributed by atoms with Crippen LogP contribution < -0.4 is 5.32 Å². The van der Waals surface area contributed by atoms with E-state index >= 15 is 0 Å². The van der Waals surface area contributed by atoms with E-state index in [2.05, 4.69) is 27.5 Å². The molecular weight excluding hydrogens is 321 g/mol. The smallest absolute Gasteiger partial charge is 0.273 e. The van der Waals surface area contributed by atoms with E-state index in [9.17, 15) is 9.18 Å². The van der Waals surface area contributed by atoms with Gasteiger partial charge < -0.3 is 5.32 Å². The molecule has 1 aromatic carbocycles. The molecule has 2 fully saturated rings. The second kappa shape index (κ2) is 6.55. The van der Waals surface area contributed by atoms with Crippen molar-refractivity contribution in [2.24, 2.45) is 0 Å². The van der Waals surface area contributed by atoms with Gasteiger partial charge in [-0.05, 0) is 37.0 Å². The number of amides is 1. The van der Waals surface area contributed by atoms with Gasteiger partial charge in [-0.15, -0.1) is 5.10 Å². The molecule has 4 rings (SSSR count). The summed E-state index contributed by atoms with van der Waals surface area (Å²) < 4.78 is 15.2. The minimum Gasteiger partial charge on any atom is -0.345 e. The van der Waals surface area contributed by atoms with E-state index < -0.39 is 0 Å². The Kier molecular flexibility index (Phi) is 4.25. The fraction of sp³-hybridized carbons (Fsp3) is 0.500. The molecule has 2 aromatic rings. The van der Waals surface area contributed by atoms with Crippen molar-refractivity contribution in [3.05, 3.63) is 47.5 Å². The third kappa shape index (κ3) is 3.42. The Balaban J connectivity index is 1.32. The van der Waals surface area contributed by atoms with E-state index in [1.165, 1.54) is 6.07 Å². The van der Waals surface area contributed by atoms with Gasteiger partial charge in [-0.2, -0.15) is 0 Å². The maximum atomic E-state index is 13.5. The first-order chi connectivity index (χ1) is 12.1. The largest absolute Gasteiger partial charge is 0.345 e. The molecule has 7 heteroatoms. The zero-order valence-corrected chi connectivity index (χ0v) is 14.2. The Bertz CT molecular complexity index is 766. The normalized spacial score (nSPS) is 19.4. The number of nitrogens with zero attached hydrogens (tertiary/aromatic N) is 4. The first-order valence-corrected chi connectivity index (χ1v) is 8.86. The lowest BCUT2D eigenvalue weighted by Gasteiger charge is -2.44. The quantitative estimate of drug-likeness (QED) is 0.874. The monoisotopic (exact) mass is 343 g/mol. The van der Waals surface area contributed by atoms with E-state index in [0.717, 1.165) is 37.9 Å². The zero-order valence-electron chi connectivity index (χ0n) is 14.2. The summed E-state index contributed by atoms with van der Waals surface area (Å²) >= 11 is 0. The summed E-state index contributed by atoms with van der Waals surface area (Å²) in [6, 6.07) is 7.46. The Morgan fingerprint density at radius 1 is 1.40 bits per heavy atom. The van der Waals surface area contributed by atoms with Crippen molar-refractivity contribution in [2.75, 3.05) is 13.1 Å². The van der Waals surface area contributed by atoms with Gasteiger partial charge in [0.25, 0.3) is 5.91 Å². The summed E-state index contributed by atoms with van der Waals surface area (Å²) in [6.07, 6.45) is 4.85. The Morgan fingerprint density at radius 3 is 2.88 bits per heavy atom. The highest BCUT2D eigenvalue weighted by Gasteiger charge is 2.34. The SMILES string of the molecule is CCC(c1cccc(F)c1)N1CC(NC(=O)c2cn(C3CC3)nn2)C1. The van der Waals surface area contributed by atoms with Crippen molar-refractivity contribution in [1.29, 1.82) is 0 Å². The van der Waals surface area contributed by atoms with Crippen molar-refractivity contribution in [3.63, 3.8) is 0 Å². The van der Waals surface area contributed by atoms with Crippen LogP contribution in [0.1, 0.15) is 54.3 Å². The van der Waals surface area contributed by atoms with E-state index in [-0.39, 0.29) is 23.8 Å². The molecule has 2 aliphatic rings. The number of halogens is 1. The van der Waals surface area contributed by atoms with E-state index in [4.69, 9.17) is 0 Å². The number of hydrogen-bond donors (Lipinski definition) is 1. The topological polar surface area (TPSA) is 63.1 Å². The molecule has 0 spiro atoms. The summed E-state index contributed by atoms with van der Waals surface area (Å²) in [4.78, 5) is 14.5. The molecule has 1 aliphatic carbocycles. The number of hydrogen-bond acceptors (Lipinski definition) is 4. The lowest BCUT2D eigenvalue weighted by atomic mass is 9.97. The van der Waals surface area contributed by atoms with Crippen LogP contribution in [0.4, 0.5) is 4.39 Å². The number of carbonyl (C=O) groups is 1. The van der Waals surface area contributed by atoms with Gasteiger partial charge in [0.2, 0.25) is 0 Å². The molecule has 1 atom stereocenters. The van der Waals surface area contributed by atoms with Gasteiger partial charge >= 0.3 is 0 Å². The highest BCUT2D eigenvalue weighted by atomic mass is 19.1. The molecule has 1 unspecified atom stereocenters. The van der Waals surface area contributed by atoms with E-state index in [0.29, 0.717) is 11.7 Å². The summed E-state index contributed by atoms with van der Waals surface area (Å²) in [5.41, 5.74) is 1.36. The van der Waals surface area contributed by atoms with Crippen LogP contribution in [-0.2, 0) is 0 Å². The second-order valence-corrected chi connectivity index (χ2v) is 6.92. The molecule has 6 nitrogen and oxygen atoms in total. The van der Waals surface area contributed by atoms with Crippen LogP contribution in [-0.4, -0.2) is 44.9 Å². The zero-order chi connectivity index (χ0) is 17.4. The van der Waals surface area contributed by atoms with Crippen molar-refractivity contribution < 1.29 is 9.18 Å². The third-order valence-corrected chi connectivity index (χ3v) is 4.97. The van der Waals surface area contributed by atoms with Gasteiger partial charge in [0, 0.05) is 19.1 Å². The van der Waals surface area contributed by atoms with Crippen molar-refractivity contribution in [3.8, 4) is 0 Å². The van der Waals surface area contributed by atoms with Crippen molar-refractivity contribution in [2.45, 2.75) is 44.3 Å². The minimum atomic E-state index is -0.208. The van der Waals surface area contributed by atoms with Gasteiger partial charge in [0.15, 0.2) is 5.69 Å². The van der Waals surface area contributed by atoms with Gasteiger partial charge in [-0.1, -0.05) is 24.3 Å². The highest BCUT2D eigenvalue weighted by Crippen LogP contribution is 2.33. The molecule has 2 heterocycles. The van der Waals surface area contributed by atoms with Gasteiger partial charge in [-0.25, -0.2) is 9.07 Å². The second-order valence-electron chi connectivity index (χ2n) is 6.92. The lowest BCUT2D eigenvalue weighted by molar-refractivity contribution is 0.0614. The Labute approximate surface area is 146 Å². The van der Waals surface area contributed by atoms with Crippen molar-refractivity contribution in [1.82, 2.24) is 25.2 Å². The predicted molar refractivity (Wildman–Crippen MR) is 90.6 cm³/mol. The third-order valence-electron chi connectivity index (χ3n) is 4.97. The number of likely N-dealkylation sites (tertiary alicyclic amines) is 1. The lowest BCUT2D eigenvalue weighted by Crippen LogP contribution is -2.60. The van der Waals surface area contributed by atoms with Crippen molar-refractivity contribution >= 4 is 5.91 Å². The number of aromatic nitrogens is 3. The predicted octanol–water partition coefficient (Wildman–Crippen LogP) is 2.32. The molecule has 1 saturated carbocycles. The number of nitrogens with one attached hydrogen (secondary N) is 1. The molecule has 1 saturated heterocycles. The maximum absolute atomic E-state index is 13.5. The molecule has 0 radical (unpaired) electrons. The molecule has 1 N–H and O–H groups in total. The highest BCUT2D eigenvalue weighted by molar-refractivity contribution is 5.92. The van der Waals surface area contributed by atoms with Gasteiger partial charge in [0.1, 0.15) is 5.82 Å². The fourth-order valence-electron chi connectivity index (χ4n) is 3.43. The van der Waals surface area contributed by atoms with Crippen LogP contribution in [0.3, 0.4) is 0 Å². The summed E-state index contributed by atoms with van der Waals surface area (Å²) in [7, 11) is 0. The van der Waals surface area contributed by atoms with E-state index in [1.54, 1.807) is 23.0 Å². The number of rotatable bonds is 6. The fourth-order valence-corrected chi connectivity index (χ4v) is 3.43. The Hall–Kier alpha value is -2.28. The molecule has 132 valence electrons. The first kappa shape index (κ1) is 16.2. The van der Waals surface area contributed by atoms with Crippen LogP contribution in [0.2, 0.25) is 0 Å². The van der Waals surface area contributed by atoms with Crippen LogP contribution >= 0.6 is 0 Å². The van der Waals surface area contributed by atoms with Crippen LogP contribution in [0.25, 0.3) is 0 Å².